The fourth-order valence-corrected chi connectivity index (χ4v) is 1.40. The van der Waals surface area contributed by atoms with Crippen LogP contribution in [0.2, 0.25) is 0 Å². The van der Waals surface area contributed by atoms with Crippen LogP contribution in [-0.4, -0.2) is 9.97 Å². The first-order chi connectivity index (χ1) is 5.29. The van der Waals surface area contributed by atoms with Gasteiger partial charge in [0.05, 0.1) is 5.56 Å². The lowest BCUT2D eigenvalue weighted by Crippen LogP contribution is -1.97. The zero-order valence-corrected chi connectivity index (χ0v) is 6.98. The number of anilines is 1. The van der Waals surface area contributed by atoms with E-state index >= 15 is 0 Å². The van der Waals surface area contributed by atoms with Crippen LogP contribution in [-0.2, 0) is 0 Å². The van der Waals surface area contributed by atoms with Crippen LogP contribution >= 0.6 is 15.9 Å². The summed E-state index contributed by atoms with van der Waals surface area (Å²) in [5.41, 5.74) is 6.32. The molecule has 2 heterocycles. The highest BCUT2D eigenvalue weighted by molar-refractivity contribution is 9.09. The molecule has 0 saturated heterocycles. The predicted octanol–water partition coefficient (Wildman–Crippen LogP) is 1.55. The first-order valence-electron chi connectivity index (χ1n) is 2.94. The van der Waals surface area contributed by atoms with Gasteiger partial charge >= 0.3 is 0 Å². The van der Waals surface area contributed by atoms with Gasteiger partial charge in [-0.25, -0.2) is 9.97 Å². The third-order valence-corrected chi connectivity index (χ3v) is 2.03. The van der Waals surface area contributed by atoms with Crippen molar-refractivity contribution in [1.29, 1.82) is 0 Å². The number of halogens is 1. The Balaban J connectivity index is 2.65. The topological polar surface area (TPSA) is 76.5 Å². The molecule has 1 aromatic rings. The normalized spacial score (nSPS) is 20.3. The highest BCUT2D eigenvalue weighted by Gasteiger charge is 2.22. The molecule has 1 aliphatic rings. The molecule has 2 N–H and O–H groups in total. The Bertz CT molecular complexity index is 323. The molecule has 0 amide bonds. The second-order valence-electron chi connectivity index (χ2n) is 2.05. The van der Waals surface area contributed by atoms with Gasteiger partial charge in [-0.1, -0.05) is 15.9 Å². The number of rotatable bonds is 0. The molecule has 0 fully saturated rings. The molecule has 1 aliphatic heterocycles. The maximum atomic E-state index is 5.56. The predicted molar refractivity (Wildman–Crippen MR) is 42.6 cm³/mol. The van der Waals surface area contributed by atoms with E-state index in [-0.39, 0.29) is 4.95 Å². The Morgan fingerprint density at radius 2 is 2.27 bits per heavy atom. The largest absolute Gasteiger partial charge is 0.383 e. The summed E-state index contributed by atoms with van der Waals surface area (Å²) in [6.45, 7) is 0. The van der Waals surface area contributed by atoms with E-state index < -0.39 is 0 Å². The molecule has 2 rings (SSSR count). The van der Waals surface area contributed by atoms with Crippen molar-refractivity contribution in [3.8, 4) is 0 Å². The van der Waals surface area contributed by atoms with Crippen LogP contribution in [0.4, 0.5) is 11.6 Å². The number of alkyl halides is 1. The van der Waals surface area contributed by atoms with Crippen LogP contribution < -0.4 is 5.73 Å². The molecule has 1 atom stereocenters. The molecular weight excluding hydrogens is 210 g/mol. The summed E-state index contributed by atoms with van der Waals surface area (Å²) < 4.78 is 0. The van der Waals surface area contributed by atoms with Gasteiger partial charge in [-0.05, 0) is 0 Å². The third kappa shape index (κ3) is 0.900. The lowest BCUT2D eigenvalue weighted by atomic mass is 10.3. The summed E-state index contributed by atoms with van der Waals surface area (Å²) in [4.78, 5) is 7.53. The Kier molecular flexibility index (Phi) is 1.35. The average molecular weight is 214 g/mol. The number of hydrogen-bond acceptors (Lipinski definition) is 5. The van der Waals surface area contributed by atoms with Crippen LogP contribution in [0.5, 0.6) is 0 Å². The number of aromatic nitrogens is 2. The minimum atomic E-state index is -0.182. The molecule has 0 bridgehead atoms. The number of nitrogen functional groups attached to an aromatic ring is 1. The quantitative estimate of drug-likeness (QED) is 0.525. The van der Waals surface area contributed by atoms with Gasteiger partial charge in [0.25, 0.3) is 0 Å². The summed E-state index contributed by atoms with van der Waals surface area (Å²) in [7, 11) is 0. The van der Waals surface area contributed by atoms with Crippen molar-refractivity contribution in [2.24, 2.45) is 10.2 Å². The summed E-state index contributed by atoms with van der Waals surface area (Å²) in [5.74, 6) is 0.987. The second kappa shape index (κ2) is 2.23. The van der Waals surface area contributed by atoms with Crippen LogP contribution in [0.1, 0.15) is 10.5 Å². The van der Waals surface area contributed by atoms with Crippen molar-refractivity contribution in [3.05, 3.63) is 11.9 Å². The fourth-order valence-electron chi connectivity index (χ4n) is 0.871. The van der Waals surface area contributed by atoms with E-state index in [4.69, 9.17) is 5.73 Å². The molecule has 5 nitrogen and oxygen atoms in total. The van der Waals surface area contributed by atoms with Crippen molar-refractivity contribution in [1.82, 2.24) is 9.97 Å². The van der Waals surface area contributed by atoms with Crippen molar-refractivity contribution in [2.45, 2.75) is 4.95 Å². The molecule has 0 radical (unpaired) electrons. The van der Waals surface area contributed by atoms with E-state index in [1.165, 1.54) is 6.33 Å². The Hall–Kier alpha value is -1.04. The molecule has 1 unspecified atom stereocenters. The monoisotopic (exact) mass is 213 g/mol. The molecule has 0 saturated carbocycles. The van der Waals surface area contributed by atoms with Crippen molar-refractivity contribution in [3.63, 3.8) is 0 Å². The van der Waals surface area contributed by atoms with Gasteiger partial charge in [0, 0.05) is 0 Å². The van der Waals surface area contributed by atoms with Gasteiger partial charge < -0.3 is 5.73 Å². The summed E-state index contributed by atoms with van der Waals surface area (Å²) in [6, 6.07) is 0. The maximum absolute atomic E-state index is 5.56. The molecular formula is C5H4BrN5. The van der Waals surface area contributed by atoms with Gasteiger partial charge in [0.15, 0.2) is 10.8 Å². The first-order valence-corrected chi connectivity index (χ1v) is 3.86. The number of hydrogen-bond donors (Lipinski definition) is 1. The van der Waals surface area contributed by atoms with Crippen molar-refractivity contribution in [2.75, 3.05) is 5.73 Å². The highest BCUT2D eigenvalue weighted by Crippen LogP contribution is 2.39. The SMILES string of the molecule is Nc1ncnc2c1C(Br)N=N2. The maximum Gasteiger partial charge on any atom is 0.185 e. The van der Waals surface area contributed by atoms with Crippen LogP contribution in [0.15, 0.2) is 16.6 Å². The Morgan fingerprint density at radius 1 is 1.45 bits per heavy atom. The number of fused-ring (bicyclic) bond motifs is 1. The summed E-state index contributed by atoms with van der Waals surface area (Å²) in [6.07, 6.45) is 1.37. The molecule has 6 heteroatoms. The number of nitrogens with two attached hydrogens (primary N) is 1. The third-order valence-electron chi connectivity index (χ3n) is 1.39. The van der Waals surface area contributed by atoms with Crippen molar-refractivity contribution >= 4 is 27.6 Å². The van der Waals surface area contributed by atoms with Gasteiger partial charge in [0.1, 0.15) is 12.1 Å². The van der Waals surface area contributed by atoms with Crippen LogP contribution in [0.25, 0.3) is 0 Å². The Morgan fingerprint density at radius 3 is 3.00 bits per heavy atom. The minimum absolute atomic E-state index is 0.182. The average Bonchev–Trinajstić information content (AvgIpc) is 2.34. The van der Waals surface area contributed by atoms with Gasteiger partial charge in [0.2, 0.25) is 0 Å². The smallest absolute Gasteiger partial charge is 0.185 e. The second-order valence-corrected chi connectivity index (χ2v) is 2.91. The molecule has 56 valence electrons. The van der Waals surface area contributed by atoms with Crippen LogP contribution in [0, 0.1) is 0 Å². The Labute approximate surface area is 70.9 Å². The molecule has 0 spiro atoms. The molecule has 0 aromatic carbocycles. The summed E-state index contributed by atoms with van der Waals surface area (Å²) in [5, 5.41) is 7.61. The molecule has 0 aliphatic carbocycles. The zero-order chi connectivity index (χ0) is 7.84. The van der Waals surface area contributed by atoms with E-state index in [0.717, 1.165) is 5.56 Å². The van der Waals surface area contributed by atoms with Gasteiger partial charge in [-0.3, -0.25) is 0 Å². The van der Waals surface area contributed by atoms with E-state index in [0.29, 0.717) is 11.6 Å². The fraction of sp³-hybridized carbons (Fsp3) is 0.200. The van der Waals surface area contributed by atoms with E-state index in [1.54, 1.807) is 0 Å². The number of nitrogens with zero attached hydrogens (tertiary/aromatic N) is 4. The summed E-state index contributed by atoms with van der Waals surface area (Å²) >= 11 is 3.27. The van der Waals surface area contributed by atoms with E-state index in [1.807, 2.05) is 0 Å². The van der Waals surface area contributed by atoms with Crippen LogP contribution in [0.3, 0.4) is 0 Å². The minimum Gasteiger partial charge on any atom is -0.383 e. The highest BCUT2D eigenvalue weighted by atomic mass is 79.9. The van der Waals surface area contributed by atoms with Gasteiger partial charge in [-0.15, -0.1) is 5.11 Å². The van der Waals surface area contributed by atoms with E-state index in [9.17, 15) is 0 Å². The number of azo groups is 1. The molecule has 1 aromatic heterocycles. The lowest BCUT2D eigenvalue weighted by Gasteiger charge is -1.99. The van der Waals surface area contributed by atoms with Crippen molar-refractivity contribution < 1.29 is 0 Å². The standard InChI is InChI=1S/C5H4BrN5/c6-3-2-4(7)8-1-9-5(2)11-10-3/h1,3H,(H2,7,8,9). The van der Waals surface area contributed by atoms with E-state index in [2.05, 4.69) is 36.1 Å². The first kappa shape index (κ1) is 6.66. The molecule has 11 heavy (non-hydrogen) atoms. The zero-order valence-electron chi connectivity index (χ0n) is 5.40. The van der Waals surface area contributed by atoms with Gasteiger partial charge in [-0.2, -0.15) is 5.11 Å². The lowest BCUT2D eigenvalue weighted by molar-refractivity contribution is 1.02.